The maximum absolute atomic E-state index is 10.3. The van der Waals surface area contributed by atoms with Crippen LogP contribution in [0.1, 0.15) is 17.4 Å². The molecule has 3 nitrogen and oxygen atoms in total. The molecular formula is C15H13NO2. The number of aliphatic hydroxyl groups is 1. The maximum atomic E-state index is 10.3. The molecule has 1 atom stereocenters. The Hall–Kier alpha value is -2.13. The molecule has 0 aliphatic heterocycles. The third-order valence-electron chi connectivity index (χ3n) is 3.03. The van der Waals surface area contributed by atoms with Crippen LogP contribution >= 0.6 is 0 Å². The summed E-state index contributed by atoms with van der Waals surface area (Å²) in [5.74, 6) is 0.774. The summed E-state index contributed by atoms with van der Waals surface area (Å²) in [7, 11) is 0. The number of nitrogens with zero attached hydrogens (tertiary/aromatic N) is 1. The van der Waals surface area contributed by atoms with E-state index >= 15 is 0 Å². The Morgan fingerprint density at radius 2 is 2.00 bits per heavy atom. The zero-order valence-electron chi connectivity index (χ0n) is 9.78. The average Bonchev–Trinajstić information content (AvgIpc) is 2.91. The van der Waals surface area contributed by atoms with E-state index in [9.17, 15) is 5.11 Å². The molecule has 18 heavy (non-hydrogen) atoms. The van der Waals surface area contributed by atoms with E-state index in [1.165, 1.54) is 0 Å². The Morgan fingerprint density at radius 1 is 1.11 bits per heavy atom. The Balaban J connectivity index is 1.98. The van der Waals surface area contributed by atoms with E-state index in [-0.39, 0.29) is 0 Å². The number of aliphatic hydroxyl groups excluding tert-OH is 1. The fourth-order valence-corrected chi connectivity index (χ4v) is 2.13. The van der Waals surface area contributed by atoms with Crippen LogP contribution in [0.3, 0.4) is 0 Å². The second kappa shape index (κ2) is 4.63. The smallest absolute Gasteiger partial charge is 0.106 e. The van der Waals surface area contributed by atoms with E-state index in [1.807, 2.05) is 36.4 Å². The number of hydrogen-bond acceptors (Lipinski definition) is 3. The molecule has 3 aromatic rings. The minimum Gasteiger partial charge on any atom is -0.469 e. The maximum Gasteiger partial charge on any atom is 0.106 e. The largest absolute Gasteiger partial charge is 0.469 e. The molecule has 0 radical (unpaired) electrons. The molecule has 0 fully saturated rings. The van der Waals surface area contributed by atoms with Crippen molar-refractivity contribution >= 4 is 10.8 Å². The lowest BCUT2D eigenvalue weighted by molar-refractivity contribution is 0.171. The third kappa shape index (κ3) is 2.00. The van der Waals surface area contributed by atoms with Crippen LogP contribution in [0.25, 0.3) is 10.8 Å². The van der Waals surface area contributed by atoms with Crippen molar-refractivity contribution in [3.63, 3.8) is 0 Å². The Kier molecular flexibility index (Phi) is 2.82. The van der Waals surface area contributed by atoms with Crippen molar-refractivity contribution in [3.05, 3.63) is 66.4 Å². The Bertz CT molecular complexity index is 641. The van der Waals surface area contributed by atoms with E-state index in [4.69, 9.17) is 4.42 Å². The summed E-state index contributed by atoms with van der Waals surface area (Å²) in [5.41, 5.74) is 0.838. The molecule has 0 saturated carbocycles. The normalized spacial score (nSPS) is 12.7. The number of furan rings is 1. The van der Waals surface area contributed by atoms with Gasteiger partial charge in [-0.15, -0.1) is 0 Å². The first-order valence-corrected chi connectivity index (χ1v) is 5.87. The molecule has 1 N–H and O–H groups in total. The van der Waals surface area contributed by atoms with Crippen molar-refractivity contribution in [2.75, 3.05) is 0 Å². The number of rotatable bonds is 3. The van der Waals surface area contributed by atoms with Gasteiger partial charge in [0.1, 0.15) is 5.76 Å². The highest BCUT2D eigenvalue weighted by Crippen LogP contribution is 2.25. The quantitative estimate of drug-likeness (QED) is 0.763. The Labute approximate surface area is 105 Å². The minimum atomic E-state index is -0.602. The number of pyridine rings is 1. The molecular weight excluding hydrogens is 226 g/mol. The van der Waals surface area contributed by atoms with Crippen molar-refractivity contribution in [1.82, 2.24) is 4.98 Å². The van der Waals surface area contributed by atoms with Gasteiger partial charge in [0.25, 0.3) is 0 Å². The second-order valence-electron chi connectivity index (χ2n) is 4.25. The van der Waals surface area contributed by atoms with Gasteiger partial charge in [0.15, 0.2) is 0 Å². The zero-order valence-corrected chi connectivity index (χ0v) is 9.78. The topological polar surface area (TPSA) is 46.3 Å². The molecule has 0 aliphatic carbocycles. The lowest BCUT2D eigenvalue weighted by Crippen LogP contribution is -2.02. The lowest BCUT2D eigenvalue weighted by atomic mass is 10.0. The van der Waals surface area contributed by atoms with Crippen molar-refractivity contribution in [3.8, 4) is 0 Å². The van der Waals surface area contributed by atoms with Gasteiger partial charge in [0, 0.05) is 29.8 Å². The van der Waals surface area contributed by atoms with Gasteiger partial charge in [-0.3, -0.25) is 4.98 Å². The van der Waals surface area contributed by atoms with Gasteiger partial charge in [-0.25, -0.2) is 0 Å². The average molecular weight is 239 g/mol. The van der Waals surface area contributed by atoms with E-state index < -0.39 is 6.10 Å². The number of benzene rings is 1. The summed E-state index contributed by atoms with van der Waals surface area (Å²) in [6, 6.07) is 11.6. The molecule has 0 bridgehead atoms. The molecule has 1 unspecified atom stereocenters. The highest BCUT2D eigenvalue weighted by atomic mass is 16.3. The fourth-order valence-electron chi connectivity index (χ4n) is 2.13. The summed E-state index contributed by atoms with van der Waals surface area (Å²) < 4.78 is 5.26. The van der Waals surface area contributed by atoms with Gasteiger partial charge in [-0.2, -0.15) is 0 Å². The van der Waals surface area contributed by atoms with Gasteiger partial charge in [-0.05, 0) is 17.5 Å². The SMILES string of the molecule is OC(Cc1ccco1)c1cncc2ccccc12. The predicted octanol–water partition coefficient (Wildman–Crippen LogP) is 3.10. The summed E-state index contributed by atoms with van der Waals surface area (Å²) in [4.78, 5) is 4.17. The van der Waals surface area contributed by atoms with E-state index in [0.29, 0.717) is 6.42 Å². The van der Waals surface area contributed by atoms with E-state index in [2.05, 4.69) is 4.98 Å². The molecule has 1 aromatic carbocycles. The van der Waals surface area contributed by atoms with Gasteiger partial charge in [0.05, 0.1) is 12.4 Å². The van der Waals surface area contributed by atoms with Gasteiger partial charge >= 0.3 is 0 Å². The molecule has 3 heteroatoms. The van der Waals surface area contributed by atoms with E-state index in [1.54, 1.807) is 18.7 Å². The van der Waals surface area contributed by atoms with Gasteiger partial charge < -0.3 is 9.52 Å². The van der Waals surface area contributed by atoms with Gasteiger partial charge in [0.2, 0.25) is 0 Å². The fraction of sp³-hybridized carbons (Fsp3) is 0.133. The summed E-state index contributed by atoms with van der Waals surface area (Å²) >= 11 is 0. The van der Waals surface area contributed by atoms with Crippen LogP contribution in [0.4, 0.5) is 0 Å². The van der Waals surface area contributed by atoms with Crippen molar-refractivity contribution in [2.45, 2.75) is 12.5 Å². The Morgan fingerprint density at radius 3 is 2.83 bits per heavy atom. The van der Waals surface area contributed by atoms with Crippen molar-refractivity contribution < 1.29 is 9.52 Å². The zero-order chi connectivity index (χ0) is 12.4. The van der Waals surface area contributed by atoms with Crippen LogP contribution in [-0.2, 0) is 6.42 Å². The van der Waals surface area contributed by atoms with Crippen LogP contribution in [0.2, 0.25) is 0 Å². The highest BCUT2D eigenvalue weighted by molar-refractivity contribution is 5.84. The molecule has 2 aromatic heterocycles. The first-order valence-electron chi connectivity index (χ1n) is 5.87. The predicted molar refractivity (Wildman–Crippen MR) is 69.1 cm³/mol. The van der Waals surface area contributed by atoms with Crippen LogP contribution in [0.5, 0.6) is 0 Å². The lowest BCUT2D eigenvalue weighted by Gasteiger charge is -2.11. The molecule has 0 amide bonds. The van der Waals surface area contributed by atoms with E-state index in [0.717, 1.165) is 22.1 Å². The van der Waals surface area contributed by atoms with Crippen LogP contribution in [0, 0.1) is 0 Å². The summed E-state index contributed by atoms with van der Waals surface area (Å²) in [5, 5.41) is 12.4. The third-order valence-corrected chi connectivity index (χ3v) is 3.03. The van der Waals surface area contributed by atoms with Crippen LogP contribution < -0.4 is 0 Å². The molecule has 0 spiro atoms. The second-order valence-corrected chi connectivity index (χ2v) is 4.25. The first-order chi connectivity index (χ1) is 8.84. The molecule has 2 heterocycles. The number of hydrogen-bond donors (Lipinski definition) is 1. The highest BCUT2D eigenvalue weighted by Gasteiger charge is 2.13. The molecule has 90 valence electrons. The number of aromatic nitrogens is 1. The monoisotopic (exact) mass is 239 g/mol. The molecule has 0 saturated heterocycles. The summed E-state index contributed by atoms with van der Waals surface area (Å²) in [6.07, 6.45) is 5.00. The standard InChI is InChI=1S/C15H13NO2/c17-15(8-12-5-3-7-18-12)14-10-16-9-11-4-1-2-6-13(11)14/h1-7,9-10,15,17H,8H2. The summed E-state index contributed by atoms with van der Waals surface area (Å²) in [6.45, 7) is 0. The van der Waals surface area contributed by atoms with Crippen LogP contribution in [0.15, 0.2) is 59.5 Å². The van der Waals surface area contributed by atoms with Crippen LogP contribution in [-0.4, -0.2) is 10.1 Å². The van der Waals surface area contributed by atoms with Crippen molar-refractivity contribution in [2.24, 2.45) is 0 Å². The first kappa shape index (κ1) is 11.0. The molecule has 0 aliphatic rings. The molecule has 3 rings (SSSR count). The van der Waals surface area contributed by atoms with Gasteiger partial charge in [-0.1, -0.05) is 24.3 Å². The number of fused-ring (bicyclic) bond motifs is 1. The van der Waals surface area contributed by atoms with Crippen molar-refractivity contribution in [1.29, 1.82) is 0 Å². The minimum absolute atomic E-state index is 0.461.